The number of methoxy groups -OCH3 is 1. The van der Waals surface area contributed by atoms with Crippen LogP contribution in [0.15, 0.2) is 40.9 Å². The molecule has 0 aromatic heterocycles. The molecule has 0 heterocycles. The highest BCUT2D eigenvalue weighted by Gasteiger charge is 2.29. The molecule has 150 valence electrons. The van der Waals surface area contributed by atoms with Crippen LogP contribution >= 0.6 is 15.9 Å². The average Bonchev–Trinajstić information content (AvgIpc) is 3.48. The fourth-order valence-electron chi connectivity index (χ4n) is 2.89. The fourth-order valence-corrected chi connectivity index (χ4v) is 3.53. The number of halogens is 2. The van der Waals surface area contributed by atoms with Crippen LogP contribution in [0.5, 0.6) is 5.75 Å². The third-order valence-corrected chi connectivity index (χ3v) is 5.22. The highest BCUT2D eigenvalue weighted by atomic mass is 79.9. The molecule has 0 aliphatic heterocycles. The first kappa shape index (κ1) is 23.7. The van der Waals surface area contributed by atoms with Crippen LogP contribution in [0.2, 0.25) is 0 Å². The molecule has 0 radical (unpaired) electrons. The molecule has 1 aliphatic carbocycles. The van der Waals surface area contributed by atoms with Crippen LogP contribution in [0.3, 0.4) is 0 Å². The van der Waals surface area contributed by atoms with Crippen molar-refractivity contribution >= 4 is 15.9 Å². The largest absolute Gasteiger partial charge is 0.497 e. The lowest BCUT2D eigenvalue weighted by molar-refractivity contribution is 0.414. The predicted octanol–water partition coefficient (Wildman–Crippen LogP) is 8.05. The number of aryl methyl sites for hydroxylation is 1. The Morgan fingerprint density at radius 2 is 1.70 bits per heavy atom. The maximum absolute atomic E-state index is 13.1. The zero-order valence-electron chi connectivity index (χ0n) is 17.8. The summed E-state index contributed by atoms with van der Waals surface area (Å²) < 4.78 is 19.3. The van der Waals surface area contributed by atoms with Crippen LogP contribution in [-0.2, 0) is 11.8 Å². The Balaban J connectivity index is 0.000000254. The molecule has 2 aromatic rings. The van der Waals surface area contributed by atoms with Crippen LogP contribution in [0.25, 0.3) is 0 Å². The third-order valence-electron chi connectivity index (χ3n) is 4.48. The molecule has 0 amide bonds. The Morgan fingerprint density at radius 3 is 2.15 bits per heavy atom. The molecular formula is C24H34BrFO. The van der Waals surface area contributed by atoms with Gasteiger partial charge in [0.15, 0.2) is 0 Å². The zero-order chi connectivity index (χ0) is 20.6. The first-order valence-electron chi connectivity index (χ1n) is 9.88. The van der Waals surface area contributed by atoms with Crippen molar-refractivity contribution in [1.82, 2.24) is 0 Å². The maximum Gasteiger partial charge on any atom is 0.123 e. The SMILES string of the molecule is CC.CC(C)(C)c1ccc(F)cc1C1CC1.CCc1ccc(OC)cc1Br. The molecular weight excluding hydrogens is 403 g/mol. The molecule has 3 rings (SSSR count). The van der Waals surface area contributed by atoms with Crippen LogP contribution in [0.4, 0.5) is 4.39 Å². The summed E-state index contributed by atoms with van der Waals surface area (Å²) in [6.45, 7) is 12.7. The lowest BCUT2D eigenvalue weighted by atomic mass is 9.82. The maximum atomic E-state index is 13.1. The van der Waals surface area contributed by atoms with Gasteiger partial charge in [-0.2, -0.15) is 0 Å². The normalized spacial score (nSPS) is 13.1. The predicted molar refractivity (Wildman–Crippen MR) is 118 cm³/mol. The molecule has 1 saturated carbocycles. The fraction of sp³-hybridized carbons (Fsp3) is 0.500. The Morgan fingerprint density at radius 1 is 1.07 bits per heavy atom. The molecule has 0 saturated heterocycles. The van der Waals surface area contributed by atoms with Gasteiger partial charge >= 0.3 is 0 Å². The van der Waals surface area contributed by atoms with Crippen molar-refractivity contribution in [2.24, 2.45) is 0 Å². The van der Waals surface area contributed by atoms with E-state index in [1.54, 1.807) is 19.2 Å². The number of hydrogen-bond donors (Lipinski definition) is 0. The minimum atomic E-state index is -0.0973. The lowest BCUT2D eigenvalue weighted by Gasteiger charge is -2.23. The minimum absolute atomic E-state index is 0.0973. The van der Waals surface area contributed by atoms with E-state index in [1.807, 2.05) is 32.0 Å². The van der Waals surface area contributed by atoms with Gasteiger partial charge in [-0.1, -0.05) is 69.6 Å². The van der Waals surface area contributed by atoms with Crippen LogP contribution in [-0.4, -0.2) is 7.11 Å². The molecule has 1 aliphatic rings. The smallest absolute Gasteiger partial charge is 0.123 e. The van der Waals surface area contributed by atoms with Crippen molar-refractivity contribution in [3.8, 4) is 5.75 Å². The van der Waals surface area contributed by atoms with E-state index < -0.39 is 0 Å². The molecule has 0 spiro atoms. The monoisotopic (exact) mass is 436 g/mol. The first-order valence-corrected chi connectivity index (χ1v) is 10.7. The van der Waals surface area contributed by atoms with E-state index in [9.17, 15) is 4.39 Å². The quantitative estimate of drug-likeness (QED) is 0.472. The van der Waals surface area contributed by atoms with Gasteiger partial charge in [-0.15, -0.1) is 0 Å². The molecule has 1 nitrogen and oxygen atoms in total. The summed E-state index contributed by atoms with van der Waals surface area (Å²) in [4.78, 5) is 0. The first-order chi connectivity index (χ1) is 12.8. The van der Waals surface area contributed by atoms with Gasteiger partial charge in [-0.25, -0.2) is 4.39 Å². The summed E-state index contributed by atoms with van der Waals surface area (Å²) in [7, 11) is 1.67. The standard InChI is InChI=1S/C13H17F.C9H11BrO.C2H6/c1-13(2,3)12-7-6-10(14)8-11(12)9-4-5-9;1-3-7-4-5-8(11-2)6-9(7)10;1-2/h6-9H,4-5H2,1-3H3;4-6H,3H2,1-2H3;1-2H3. The second-order valence-corrected chi connectivity index (χ2v) is 8.42. The van der Waals surface area contributed by atoms with E-state index in [2.05, 4.69) is 49.7 Å². The summed E-state index contributed by atoms with van der Waals surface area (Å²) in [6.07, 6.45) is 3.50. The van der Waals surface area contributed by atoms with Gasteiger partial charge < -0.3 is 4.74 Å². The van der Waals surface area contributed by atoms with Crippen LogP contribution in [0, 0.1) is 5.82 Å². The van der Waals surface area contributed by atoms with E-state index in [1.165, 1.54) is 29.5 Å². The van der Waals surface area contributed by atoms with E-state index in [4.69, 9.17) is 4.74 Å². The number of rotatable bonds is 3. The Kier molecular flexibility index (Phi) is 9.52. The summed E-state index contributed by atoms with van der Waals surface area (Å²) in [5.74, 6) is 1.42. The van der Waals surface area contributed by atoms with Crippen molar-refractivity contribution in [2.75, 3.05) is 7.11 Å². The summed E-state index contributed by atoms with van der Waals surface area (Å²) in [5.41, 5.74) is 3.98. The van der Waals surface area contributed by atoms with Gasteiger partial charge in [0.25, 0.3) is 0 Å². The second kappa shape index (κ2) is 10.8. The Labute approximate surface area is 173 Å². The molecule has 0 unspecified atom stereocenters. The van der Waals surface area contributed by atoms with Gasteiger partial charge in [-0.3, -0.25) is 0 Å². The number of ether oxygens (including phenoxy) is 1. The van der Waals surface area contributed by atoms with Crippen molar-refractivity contribution in [1.29, 1.82) is 0 Å². The van der Waals surface area contributed by atoms with Gasteiger partial charge in [0, 0.05) is 4.47 Å². The van der Waals surface area contributed by atoms with Gasteiger partial charge in [0.05, 0.1) is 7.11 Å². The summed E-state index contributed by atoms with van der Waals surface area (Å²) in [5, 5.41) is 0. The Bertz CT molecular complexity index is 715. The minimum Gasteiger partial charge on any atom is -0.497 e. The average molecular weight is 437 g/mol. The second-order valence-electron chi connectivity index (χ2n) is 7.57. The summed E-state index contributed by atoms with van der Waals surface area (Å²) in [6, 6.07) is 11.3. The van der Waals surface area contributed by atoms with E-state index in [0.717, 1.165) is 16.6 Å². The molecule has 27 heavy (non-hydrogen) atoms. The lowest BCUT2D eigenvalue weighted by Crippen LogP contribution is -2.14. The van der Waals surface area contributed by atoms with Crippen LogP contribution in [0.1, 0.15) is 77.0 Å². The highest BCUT2D eigenvalue weighted by Crippen LogP contribution is 2.44. The van der Waals surface area contributed by atoms with E-state index in [0.29, 0.717) is 5.92 Å². The zero-order valence-corrected chi connectivity index (χ0v) is 19.4. The van der Waals surface area contributed by atoms with Crippen molar-refractivity contribution in [3.63, 3.8) is 0 Å². The third kappa shape index (κ3) is 7.29. The van der Waals surface area contributed by atoms with Gasteiger partial charge in [0.1, 0.15) is 11.6 Å². The van der Waals surface area contributed by atoms with Crippen molar-refractivity contribution in [3.05, 3.63) is 63.4 Å². The summed E-state index contributed by atoms with van der Waals surface area (Å²) >= 11 is 3.47. The molecule has 0 N–H and O–H groups in total. The van der Waals surface area contributed by atoms with Crippen molar-refractivity contribution in [2.45, 2.75) is 72.1 Å². The molecule has 2 aromatic carbocycles. The number of benzene rings is 2. The van der Waals surface area contributed by atoms with Gasteiger partial charge in [0.2, 0.25) is 0 Å². The van der Waals surface area contributed by atoms with Gasteiger partial charge in [-0.05, 0) is 71.6 Å². The van der Waals surface area contributed by atoms with E-state index in [-0.39, 0.29) is 11.2 Å². The molecule has 3 heteroatoms. The topological polar surface area (TPSA) is 9.23 Å². The van der Waals surface area contributed by atoms with Crippen LogP contribution < -0.4 is 4.74 Å². The molecule has 0 atom stereocenters. The molecule has 1 fully saturated rings. The van der Waals surface area contributed by atoms with Crippen molar-refractivity contribution < 1.29 is 9.13 Å². The molecule has 0 bridgehead atoms. The Hall–Kier alpha value is -1.35. The highest BCUT2D eigenvalue weighted by molar-refractivity contribution is 9.10. The number of hydrogen-bond acceptors (Lipinski definition) is 1. The van der Waals surface area contributed by atoms with E-state index >= 15 is 0 Å².